The minimum atomic E-state index is -0.157. The Morgan fingerprint density at radius 1 is 1.13 bits per heavy atom. The van der Waals surface area contributed by atoms with Crippen molar-refractivity contribution in [1.82, 2.24) is 19.7 Å². The lowest BCUT2D eigenvalue weighted by Crippen LogP contribution is -2.56. The second kappa shape index (κ2) is 10.9. The summed E-state index contributed by atoms with van der Waals surface area (Å²) in [7, 11) is 5.91. The van der Waals surface area contributed by atoms with Gasteiger partial charge in [-0.25, -0.2) is 9.78 Å². The van der Waals surface area contributed by atoms with Gasteiger partial charge < -0.3 is 19.9 Å². The fourth-order valence-electron chi connectivity index (χ4n) is 6.62. The summed E-state index contributed by atoms with van der Waals surface area (Å²) in [5.41, 5.74) is 1.83. The van der Waals surface area contributed by atoms with Crippen molar-refractivity contribution in [2.24, 2.45) is 5.92 Å². The van der Waals surface area contributed by atoms with Gasteiger partial charge in [-0.1, -0.05) is 36.8 Å². The third-order valence-electron chi connectivity index (χ3n) is 9.24. The number of hydrogen-bond acceptors (Lipinski definition) is 5. The first-order chi connectivity index (χ1) is 18.3. The third kappa shape index (κ3) is 5.10. The summed E-state index contributed by atoms with van der Waals surface area (Å²) in [5.74, 6) is 0.944. The fraction of sp³-hybridized carbons (Fsp3) is 0.567. The van der Waals surface area contributed by atoms with Crippen molar-refractivity contribution in [3.63, 3.8) is 0 Å². The molecule has 204 valence electrons. The van der Waals surface area contributed by atoms with Gasteiger partial charge in [0, 0.05) is 49.5 Å². The topological polar surface area (TPSA) is 78.0 Å². The molecular formula is C30H41N5O3. The van der Waals surface area contributed by atoms with Crippen molar-refractivity contribution in [2.75, 3.05) is 46.2 Å². The summed E-state index contributed by atoms with van der Waals surface area (Å²) in [6.07, 6.45) is 9.51. The molecule has 38 heavy (non-hydrogen) atoms. The van der Waals surface area contributed by atoms with Crippen LogP contribution >= 0.6 is 0 Å². The van der Waals surface area contributed by atoms with Gasteiger partial charge in [0.25, 0.3) is 0 Å². The number of carbonyl (C=O) groups is 2. The molecule has 0 bridgehead atoms. The van der Waals surface area contributed by atoms with Crippen LogP contribution in [0.2, 0.25) is 0 Å². The number of aromatic nitrogens is 1. The zero-order chi connectivity index (χ0) is 26.8. The second-order valence-corrected chi connectivity index (χ2v) is 11.5. The number of nitrogens with zero attached hydrogens (tertiary/aromatic N) is 4. The van der Waals surface area contributed by atoms with E-state index in [0.717, 1.165) is 32.2 Å². The number of ether oxygens (including phenoxy) is 1. The van der Waals surface area contributed by atoms with E-state index in [1.54, 1.807) is 25.4 Å². The Labute approximate surface area is 226 Å². The SMILES string of the molecule is COc1cc(NC(=O)CCN2C[C@]3(CC[C@](c4ccccc4)(N(C)C)CC3)N(CC3CCC3)C2=O)ccn1. The van der Waals surface area contributed by atoms with Crippen LogP contribution in [-0.4, -0.2) is 78.0 Å². The molecule has 1 aromatic carbocycles. The Kier molecular flexibility index (Phi) is 7.61. The third-order valence-corrected chi connectivity index (χ3v) is 9.24. The summed E-state index contributed by atoms with van der Waals surface area (Å²) in [6, 6.07) is 14.4. The molecule has 1 spiro atoms. The van der Waals surface area contributed by atoms with Gasteiger partial charge >= 0.3 is 6.03 Å². The summed E-state index contributed by atoms with van der Waals surface area (Å²) in [6.45, 7) is 1.97. The molecule has 1 aliphatic heterocycles. The Morgan fingerprint density at radius 2 is 1.87 bits per heavy atom. The van der Waals surface area contributed by atoms with Gasteiger partial charge in [-0.3, -0.25) is 9.69 Å². The molecule has 2 saturated carbocycles. The zero-order valence-corrected chi connectivity index (χ0v) is 23.0. The maximum absolute atomic E-state index is 13.8. The first-order valence-electron chi connectivity index (χ1n) is 13.9. The van der Waals surface area contributed by atoms with Gasteiger partial charge in [-0.15, -0.1) is 0 Å². The predicted octanol–water partition coefficient (Wildman–Crippen LogP) is 4.73. The van der Waals surface area contributed by atoms with Crippen LogP contribution in [0.25, 0.3) is 0 Å². The van der Waals surface area contributed by atoms with E-state index in [9.17, 15) is 9.59 Å². The summed E-state index contributed by atoms with van der Waals surface area (Å²) < 4.78 is 5.15. The van der Waals surface area contributed by atoms with Crippen LogP contribution in [0.1, 0.15) is 56.9 Å². The lowest BCUT2D eigenvalue weighted by Gasteiger charge is -2.51. The average molecular weight is 520 g/mol. The van der Waals surface area contributed by atoms with E-state index in [2.05, 4.69) is 64.5 Å². The molecule has 0 atom stereocenters. The van der Waals surface area contributed by atoms with Crippen LogP contribution in [0.5, 0.6) is 5.88 Å². The van der Waals surface area contributed by atoms with E-state index < -0.39 is 0 Å². The number of rotatable bonds is 9. The number of carbonyl (C=O) groups excluding carboxylic acids is 2. The van der Waals surface area contributed by atoms with E-state index in [4.69, 9.17) is 4.74 Å². The second-order valence-electron chi connectivity index (χ2n) is 11.5. The standard InChI is InChI=1S/C30H41N5O3/c1-33(2)30(24-10-5-4-6-11-24)16-14-29(15-17-30)22-34(28(37)35(29)21-23-8-7-9-23)19-13-26(36)32-25-12-18-31-27(20-25)38-3/h4-6,10-12,18,20,23H,7-9,13-17,19,21-22H2,1-3H3,(H,31,32,36)/t29-,30+. The van der Waals surface area contributed by atoms with Crippen molar-refractivity contribution in [2.45, 2.75) is 62.4 Å². The number of anilines is 1. The highest BCUT2D eigenvalue weighted by Gasteiger charge is 2.54. The maximum atomic E-state index is 13.8. The highest BCUT2D eigenvalue weighted by Crippen LogP contribution is 2.49. The molecule has 2 aliphatic carbocycles. The molecule has 2 heterocycles. The van der Waals surface area contributed by atoms with Gasteiger partial charge in [0.2, 0.25) is 11.8 Å². The quantitative estimate of drug-likeness (QED) is 0.518. The Balaban J connectivity index is 1.28. The summed E-state index contributed by atoms with van der Waals surface area (Å²) in [5, 5.41) is 2.91. The first kappa shape index (κ1) is 26.5. The molecule has 8 heteroatoms. The van der Waals surface area contributed by atoms with Gasteiger partial charge in [0.15, 0.2) is 0 Å². The monoisotopic (exact) mass is 519 g/mol. The minimum absolute atomic E-state index is 0.0173. The van der Waals surface area contributed by atoms with Gasteiger partial charge in [0.1, 0.15) is 0 Å². The van der Waals surface area contributed by atoms with Gasteiger partial charge in [0.05, 0.1) is 12.6 Å². The molecule has 5 rings (SSSR count). The lowest BCUT2D eigenvalue weighted by molar-refractivity contribution is -0.116. The highest BCUT2D eigenvalue weighted by atomic mass is 16.5. The molecule has 1 saturated heterocycles. The Morgan fingerprint density at radius 3 is 2.50 bits per heavy atom. The minimum Gasteiger partial charge on any atom is -0.481 e. The zero-order valence-electron chi connectivity index (χ0n) is 23.0. The van der Waals surface area contributed by atoms with Crippen LogP contribution in [0.3, 0.4) is 0 Å². The Bertz CT molecular complexity index is 1130. The lowest BCUT2D eigenvalue weighted by atomic mass is 9.68. The molecule has 3 aliphatic rings. The van der Waals surface area contributed by atoms with Crippen LogP contribution in [-0.2, 0) is 10.3 Å². The largest absolute Gasteiger partial charge is 0.481 e. The molecule has 3 fully saturated rings. The van der Waals surface area contributed by atoms with Crippen molar-refractivity contribution in [3.05, 3.63) is 54.2 Å². The normalized spacial score (nSPS) is 25.6. The van der Waals surface area contributed by atoms with E-state index in [-0.39, 0.29) is 29.4 Å². The van der Waals surface area contributed by atoms with Crippen molar-refractivity contribution < 1.29 is 14.3 Å². The number of benzene rings is 1. The molecule has 8 nitrogen and oxygen atoms in total. The van der Waals surface area contributed by atoms with Crippen LogP contribution < -0.4 is 10.1 Å². The number of pyridine rings is 1. The summed E-state index contributed by atoms with van der Waals surface area (Å²) >= 11 is 0. The number of amides is 3. The molecular weight excluding hydrogens is 478 g/mol. The van der Waals surface area contributed by atoms with Gasteiger partial charge in [-0.05, 0) is 70.2 Å². The van der Waals surface area contributed by atoms with Crippen LogP contribution in [0, 0.1) is 5.92 Å². The van der Waals surface area contributed by atoms with E-state index in [1.165, 1.54) is 24.8 Å². The van der Waals surface area contributed by atoms with Gasteiger partial charge in [-0.2, -0.15) is 0 Å². The van der Waals surface area contributed by atoms with Crippen molar-refractivity contribution in [3.8, 4) is 5.88 Å². The first-order valence-corrected chi connectivity index (χ1v) is 13.9. The predicted molar refractivity (Wildman–Crippen MR) is 148 cm³/mol. The van der Waals surface area contributed by atoms with E-state index in [1.807, 2.05) is 4.90 Å². The number of methoxy groups -OCH3 is 1. The molecule has 2 aromatic rings. The van der Waals surface area contributed by atoms with Crippen LogP contribution in [0.15, 0.2) is 48.7 Å². The summed E-state index contributed by atoms with van der Waals surface area (Å²) in [4.78, 5) is 37.1. The fourth-order valence-corrected chi connectivity index (χ4v) is 6.62. The number of nitrogens with one attached hydrogen (secondary N) is 1. The molecule has 0 unspecified atom stereocenters. The van der Waals surface area contributed by atoms with Crippen molar-refractivity contribution >= 4 is 17.6 Å². The average Bonchev–Trinajstić information content (AvgIpc) is 3.16. The molecule has 0 radical (unpaired) electrons. The number of urea groups is 1. The van der Waals surface area contributed by atoms with Crippen molar-refractivity contribution in [1.29, 1.82) is 0 Å². The molecule has 1 N–H and O–H groups in total. The van der Waals surface area contributed by atoms with Crippen LogP contribution in [0.4, 0.5) is 10.5 Å². The van der Waals surface area contributed by atoms with E-state index in [0.29, 0.717) is 30.6 Å². The highest BCUT2D eigenvalue weighted by molar-refractivity contribution is 5.91. The molecule has 3 amide bonds. The Hall–Kier alpha value is -3.13. The number of hydrogen-bond donors (Lipinski definition) is 1. The van der Waals surface area contributed by atoms with E-state index >= 15 is 0 Å². The maximum Gasteiger partial charge on any atom is 0.320 e. The smallest absolute Gasteiger partial charge is 0.320 e. The molecule has 1 aromatic heterocycles.